The van der Waals surface area contributed by atoms with Crippen LogP contribution in [0, 0.1) is 95.7 Å². The van der Waals surface area contributed by atoms with E-state index in [2.05, 4.69) is 410 Å². The van der Waals surface area contributed by atoms with Gasteiger partial charge in [0.25, 0.3) is 0 Å². The first kappa shape index (κ1) is 114. The van der Waals surface area contributed by atoms with Gasteiger partial charge in [0.2, 0.25) is 0 Å². The average Bonchev–Trinajstić information content (AvgIpc) is 0.841. The van der Waals surface area contributed by atoms with Crippen molar-refractivity contribution in [2.45, 2.75) is 0 Å². The molecule has 0 aromatic heterocycles. The second-order valence-corrected chi connectivity index (χ2v) is 36.2. The van der Waals surface area contributed by atoms with Crippen molar-refractivity contribution in [2.75, 3.05) is 39.1 Å². The van der Waals surface area contributed by atoms with E-state index in [1.807, 2.05) is 0 Å². The Balaban J connectivity index is 0.000000316. The molecular weight excluding hydrogens is 2530 g/mol. The first-order chi connectivity index (χ1) is 63.9. The molecule has 0 amide bonds. The molecule has 16 aromatic carbocycles. The molecule has 0 N–H and O–H groups in total. The Hall–Kier alpha value is -11.0. The van der Waals surface area contributed by atoms with Gasteiger partial charge in [0.1, 0.15) is 23.0 Å². The Labute approximate surface area is 881 Å². The molecular formula is C118H88Au4Cl4O4P4. The summed E-state index contributed by atoms with van der Waals surface area (Å²) >= 11 is 19.1. The van der Waals surface area contributed by atoms with Gasteiger partial charge in [-0.15, -0.1) is 117 Å². The normalized spacial score (nSPS) is 9.31. The van der Waals surface area contributed by atoms with E-state index in [4.69, 9.17) is 91.0 Å². The molecule has 16 rings (SSSR count). The molecule has 0 unspecified atom stereocenters. The number of hydrogen-bond donors (Lipinski definition) is 0. The summed E-state index contributed by atoms with van der Waals surface area (Å²) in [5, 5.41) is 10.5. The summed E-state index contributed by atoms with van der Waals surface area (Å²) in [5.41, 5.74) is 26.2. The molecule has 16 aromatic rings. The summed E-state index contributed by atoms with van der Waals surface area (Å²) in [6.45, 7) is 0. The van der Waals surface area contributed by atoms with Crippen LogP contribution >= 0.6 is 78.1 Å². The minimum Gasteiger partial charge on any atom is -0.497 e. The summed E-state index contributed by atoms with van der Waals surface area (Å²) in [6, 6.07) is 148. The van der Waals surface area contributed by atoms with Crippen molar-refractivity contribution < 1.29 is 108 Å². The van der Waals surface area contributed by atoms with E-state index < -0.39 is 31.7 Å². The smallest absolute Gasteiger partial charge is 0.497 e. The quantitative estimate of drug-likeness (QED) is 0.0357. The molecule has 0 radical (unpaired) electrons. The number of ether oxygens (including phenoxy) is 4. The van der Waals surface area contributed by atoms with Crippen molar-refractivity contribution in [1.29, 1.82) is 0 Å². The predicted molar refractivity (Wildman–Crippen MR) is 558 cm³/mol. The predicted octanol–water partition coefficient (Wildman–Crippen LogP) is 25.8. The zero-order valence-electron chi connectivity index (χ0n) is 73.1. The Kier molecular flexibility index (Phi) is 57.0. The fraction of sp³-hybridized carbons (Fsp3) is 0.0508. The molecule has 0 saturated heterocycles. The molecule has 134 heavy (non-hydrogen) atoms. The van der Waals surface area contributed by atoms with Gasteiger partial charge in [0.15, 0.2) is 0 Å². The zero-order chi connectivity index (χ0) is 91.8. The maximum absolute atomic E-state index is 6.78. The third-order valence-electron chi connectivity index (χ3n) is 18.5. The van der Waals surface area contributed by atoms with Gasteiger partial charge < -0.3 is 44.6 Å². The van der Waals surface area contributed by atoms with Gasteiger partial charge in [0.05, 0.1) is 39.1 Å². The third-order valence-corrected chi connectivity index (χ3v) is 26.4. The fourth-order valence-corrected chi connectivity index (χ4v) is 18.8. The van der Waals surface area contributed by atoms with E-state index in [1.165, 1.54) is 64.7 Å². The van der Waals surface area contributed by atoms with Crippen molar-refractivity contribution in [3.8, 4) is 115 Å². The van der Waals surface area contributed by atoms with Crippen LogP contribution in [-0.2, 0) is 89.5 Å². The van der Waals surface area contributed by atoms with Crippen molar-refractivity contribution in [3.05, 3.63) is 507 Å². The van der Waals surface area contributed by atoms with Crippen molar-refractivity contribution >= 4 is 121 Å². The van der Waals surface area contributed by atoms with Crippen molar-refractivity contribution in [1.82, 2.24) is 0 Å². The van der Waals surface area contributed by atoms with Crippen LogP contribution in [0.3, 0.4) is 0 Å². The van der Waals surface area contributed by atoms with Gasteiger partial charge in [-0.25, -0.2) is 0 Å². The molecule has 0 heterocycles. The third kappa shape index (κ3) is 39.9. The van der Waals surface area contributed by atoms with E-state index >= 15 is 0 Å². The molecule has 0 atom stereocenters. The van der Waals surface area contributed by atoms with Crippen LogP contribution in [0.2, 0.25) is 0 Å². The first-order valence-electron chi connectivity index (χ1n) is 40.6. The monoisotopic (exact) mass is 2620 g/mol. The molecule has 0 bridgehead atoms. The Morgan fingerprint density at radius 2 is 0.306 bits per heavy atom. The number of benzene rings is 16. The Morgan fingerprint density at radius 3 is 0.418 bits per heavy atom. The van der Waals surface area contributed by atoms with Crippen LogP contribution < -0.4 is 61.4 Å². The van der Waals surface area contributed by atoms with E-state index in [0.717, 1.165) is 67.5 Å². The maximum atomic E-state index is 6.78. The zero-order valence-corrected chi connectivity index (χ0v) is 88.4. The minimum absolute atomic E-state index is 0. The Morgan fingerprint density at radius 1 is 0.187 bits per heavy atom. The van der Waals surface area contributed by atoms with Gasteiger partial charge in [-0.05, 0) is 162 Å². The molecule has 4 nitrogen and oxygen atoms in total. The molecule has 0 aliphatic heterocycles. The van der Waals surface area contributed by atoms with Crippen LogP contribution in [-0.4, -0.2) is 39.1 Å². The second kappa shape index (κ2) is 67.3. The van der Waals surface area contributed by atoms with E-state index in [9.17, 15) is 0 Å². The second-order valence-electron chi connectivity index (χ2n) is 26.9. The number of halogens is 4. The van der Waals surface area contributed by atoms with Gasteiger partial charge in [0, 0.05) is 53.9 Å². The molecule has 0 fully saturated rings. The minimum atomic E-state index is -0.741. The van der Waals surface area contributed by atoms with Crippen molar-refractivity contribution in [2.24, 2.45) is 0 Å². The number of methoxy groups -OCH3 is 4. The Bertz CT molecular complexity index is 5510. The van der Waals surface area contributed by atoms with Crippen LogP contribution in [0.1, 0.15) is 44.5 Å². The molecule has 0 aliphatic carbocycles. The summed E-state index contributed by atoms with van der Waals surface area (Å²) in [5.74, 6) is 26.1. The van der Waals surface area contributed by atoms with Crippen LogP contribution in [0.15, 0.2) is 437 Å². The van der Waals surface area contributed by atoms with Crippen LogP contribution in [0.4, 0.5) is 0 Å². The first-order valence-corrected chi connectivity index (χ1v) is 48.1. The SMILES string of the molecule is C(#CP(c1ccccc1)c1ccccc1)c1ccc(-c2ccc(C#CP(c3ccccc3)c3ccccc3)cc2)cc1.C(#CP(c1ccccc1)c1ccccc1)c1ccc(-c2ccc(C#CP(c3ccccc3)c3ccccc3)cc2)cc1.ClCCl.ClCCl.[Au+].[Au+].[Au+].[Au+].[C-]#Cc1ccc(OC)cc1.[C-]#Cc1ccc(OC)cc1.[C-]#Cc1ccc(OC)cc1.[C-]#Cc1ccc(OC)cc1. The maximum Gasteiger partial charge on any atom is 1.00 e. The average molecular weight is 2620 g/mol. The van der Waals surface area contributed by atoms with Crippen molar-refractivity contribution in [3.63, 3.8) is 0 Å². The largest absolute Gasteiger partial charge is 1.00 e. The summed E-state index contributed by atoms with van der Waals surface area (Å²) < 4.78 is 19.7. The van der Waals surface area contributed by atoms with Gasteiger partial charge in [-0.2, -0.15) is 0 Å². The molecule has 0 spiro atoms. The molecule has 0 saturated carbocycles. The number of hydrogen-bond acceptors (Lipinski definition) is 4. The number of alkyl halides is 4. The van der Waals surface area contributed by atoms with Gasteiger partial charge in [-0.1, -0.05) is 338 Å². The summed E-state index contributed by atoms with van der Waals surface area (Å²) in [4.78, 5) is 0. The van der Waals surface area contributed by atoms with Gasteiger partial charge >= 0.3 is 89.5 Å². The van der Waals surface area contributed by atoms with Gasteiger partial charge in [-0.3, -0.25) is 23.7 Å². The number of rotatable bonds is 14. The van der Waals surface area contributed by atoms with E-state index in [0.29, 0.717) is 0 Å². The molecule has 0 aliphatic rings. The summed E-state index contributed by atoms with van der Waals surface area (Å²) in [6.07, 6.45) is 27.1. The topological polar surface area (TPSA) is 36.9 Å². The fourth-order valence-electron chi connectivity index (χ4n) is 11.9. The van der Waals surface area contributed by atoms with Crippen LogP contribution in [0.5, 0.6) is 23.0 Å². The molecule has 676 valence electrons. The standard InChI is InChI=1S/2C40H28P2.4C9H7O.2CH2Cl2.4Au/c2*1-5-13-37(14-6-1)41(38-15-7-2-8-16-38)31-29-33-21-25-35(26-22-33)36-27-23-34(24-28-36)30-32-42(39-17-9-3-10-18-39)40-19-11-4-12-20-40;4*1-3-8-4-6-9(10-2)7-5-8;2*2-1-3;;;;/h2*1-28H;4*4-7H,2H3;2*1H2;;;;/q;;4*-1;;;4*+1. The van der Waals surface area contributed by atoms with Crippen LogP contribution in [0.25, 0.3) is 22.3 Å². The van der Waals surface area contributed by atoms with E-state index in [1.54, 1.807) is 126 Å². The molecule has 16 heteroatoms. The summed E-state index contributed by atoms with van der Waals surface area (Å²) in [7, 11) is 3.49. The van der Waals surface area contributed by atoms with E-state index in [-0.39, 0.29) is 100 Å².